The Hall–Kier alpha value is -0.658. The summed E-state index contributed by atoms with van der Waals surface area (Å²) < 4.78 is 72.5. The first-order valence-electron chi connectivity index (χ1n) is 4.65. The molecule has 0 bridgehead atoms. The van der Waals surface area contributed by atoms with Gasteiger partial charge in [-0.2, -0.15) is 0 Å². The molecule has 0 amide bonds. The van der Waals surface area contributed by atoms with Crippen LogP contribution in [-0.4, -0.2) is 40.1 Å². The Kier molecular flexibility index (Phi) is 6.44. The topological polar surface area (TPSA) is 60.7 Å². The monoisotopic (exact) mass is 282 g/mol. The van der Waals surface area contributed by atoms with E-state index in [2.05, 4.69) is 0 Å². The van der Waals surface area contributed by atoms with Gasteiger partial charge in [0.25, 0.3) is 0 Å². The van der Waals surface area contributed by atoms with Gasteiger partial charge in [0.2, 0.25) is 0 Å². The van der Waals surface area contributed by atoms with Crippen LogP contribution in [0.5, 0.6) is 0 Å². The molecule has 0 radical (unpaired) electrons. The molecule has 1 aromatic carbocycles. The Bertz CT molecular complexity index is 417. The van der Waals surface area contributed by atoms with Crippen molar-refractivity contribution in [3.8, 4) is 0 Å². The Morgan fingerprint density at radius 3 is 1.58 bits per heavy atom. The summed E-state index contributed by atoms with van der Waals surface area (Å²) in [5, 5.41) is 21.5. The Morgan fingerprint density at radius 1 is 0.895 bits per heavy atom. The number of hydrogen-bond acceptors (Lipinski definition) is 3. The van der Waals surface area contributed by atoms with Crippen LogP contribution in [0.3, 0.4) is 0 Å². The van der Waals surface area contributed by atoms with Crippen molar-refractivity contribution in [2.45, 2.75) is 12.4 Å². The molecule has 0 heterocycles. The van der Waals surface area contributed by atoms with Crippen molar-refractivity contribution >= 4 is 29.3 Å². The van der Waals surface area contributed by atoms with E-state index in [4.69, 9.17) is 15.1 Å². The summed E-state index contributed by atoms with van der Waals surface area (Å²) >= 11 is 0.998. The van der Waals surface area contributed by atoms with E-state index in [9.17, 15) is 26.3 Å². The van der Waals surface area contributed by atoms with Crippen LogP contribution < -0.4 is 4.24 Å². The van der Waals surface area contributed by atoms with Gasteiger partial charge in [-0.05, 0) is 0 Å². The first-order chi connectivity index (χ1) is 8.35. The molecule has 102 valence electrons. The molecule has 0 saturated heterocycles. The molecule has 1 rings (SSSR count). The second-order valence-corrected chi connectivity index (χ2v) is 3.37. The normalized spacial score (nSPS) is 11.7. The van der Waals surface area contributed by atoms with Crippen LogP contribution in [0.25, 0.3) is 0 Å². The fraction of sp³-hybridized carbons (Fsp3) is 0.250. The molecule has 3 N–H and O–H groups in total. The van der Waals surface area contributed by atoms with Gasteiger partial charge in [0.05, 0.1) is 0 Å². The van der Waals surface area contributed by atoms with Gasteiger partial charge in [0, 0.05) is 0 Å². The molecule has 1 aromatic rings. The molecule has 19 heavy (non-hydrogen) atoms. The Morgan fingerprint density at radius 2 is 1.32 bits per heavy atom. The minimum atomic E-state index is -4.62. The van der Waals surface area contributed by atoms with Gasteiger partial charge in [-0.3, -0.25) is 0 Å². The third kappa shape index (κ3) is 6.89. The summed E-state index contributed by atoms with van der Waals surface area (Å²) in [6, 6.07) is 1.36. The first-order valence-corrected chi connectivity index (χ1v) is 4.65. The zero-order valence-electron chi connectivity index (χ0n) is 9.42. The molecular weight excluding hydrogens is 276 g/mol. The van der Waals surface area contributed by atoms with Crippen molar-refractivity contribution in [2.24, 2.45) is 0 Å². The summed E-state index contributed by atoms with van der Waals surface area (Å²) in [6.45, 7) is 0. The van der Waals surface area contributed by atoms with E-state index in [1.807, 2.05) is 0 Å². The van der Waals surface area contributed by atoms with Gasteiger partial charge in [-0.25, -0.2) is 0 Å². The van der Waals surface area contributed by atoms with Crippen molar-refractivity contribution < 1.29 is 41.4 Å². The van der Waals surface area contributed by atoms with Gasteiger partial charge >= 0.3 is 97.3 Å². The van der Waals surface area contributed by atoms with Gasteiger partial charge in [-0.1, -0.05) is 0 Å². The van der Waals surface area contributed by atoms with Gasteiger partial charge in [0.1, 0.15) is 0 Å². The molecule has 0 saturated carbocycles. The van der Waals surface area contributed by atoms with Crippen LogP contribution in [0.4, 0.5) is 26.3 Å². The van der Waals surface area contributed by atoms with E-state index in [0.29, 0.717) is 18.2 Å². The summed E-state index contributed by atoms with van der Waals surface area (Å²) in [7, 11) is -2.17. The van der Waals surface area contributed by atoms with E-state index in [1.54, 1.807) is 0 Å². The van der Waals surface area contributed by atoms with Crippen LogP contribution in [0.1, 0.15) is 11.1 Å². The van der Waals surface area contributed by atoms with E-state index in [1.165, 1.54) is 0 Å². The molecule has 0 aliphatic carbocycles. The van der Waals surface area contributed by atoms with Crippen molar-refractivity contribution in [1.29, 1.82) is 0 Å². The second-order valence-electron chi connectivity index (χ2n) is 3.37. The van der Waals surface area contributed by atoms with Crippen LogP contribution in [0, 0.1) is 0 Å². The molecule has 0 atom stereocenters. The van der Waals surface area contributed by atoms with Crippen LogP contribution in [-0.2, 0) is 12.4 Å². The Balaban J connectivity index is 0.000000711. The van der Waals surface area contributed by atoms with Crippen LogP contribution >= 0.6 is 0 Å². The van der Waals surface area contributed by atoms with Gasteiger partial charge in [0.15, 0.2) is 0 Å². The predicted molar refractivity (Wildman–Crippen MR) is 54.2 cm³/mol. The minimum absolute atomic E-state index is 0.426. The molecular formula is C8H6BF6LiO3. The van der Waals surface area contributed by atoms with E-state index in [0.717, 1.165) is 17.7 Å². The van der Waals surface area contributed by atoms with Crippen molar-refractivity contribution in [2.75, 3.05) is 0 Å². The van der Waals surface area contributed by atoms with Gasteiger partial charge < -0.3 is 15.1 Å². The standard InChI is InChI=1S/C8H3F6.BH3O3.Li/c9-7(10,11)5-1-2-6(4-3-5)8(12,13)14;2-1(3)4;/h1-3H;2-4H;. The Labute approximate surface area is 113 Å². The summed E-state index contributed by atoms with van der Waals surface area (Å²) in [5.41, 5.74) is -2.12. The zero-order chi connectivity index (χ0) is 15.4. The molecule has 0 fully saturated rings. The van der Waals surface area contributed by atoms with E-state index >= 15 is 0 Å². The van der Waals surface area contributed by atoms with Crippen molar-refractivity contribution in [1.82, 2.24) is 0 Å². The fourth-order valence-electron chi connectivity index (χ4n) is 1.16. The maximum atomic E-state index is 12.2. The van der Waals surface area contributed by atoms with E-state index < -0.39 is 35.0 Å². The SMILES string of the molecule is OB(O)O.[Li][c]1cc(C(F)(F)F)ccc1C(F)(F)F. The molecule has 0 unspecified atom stereocenters. The summed E-state index contributed by atoms with van der Waals surface area (Å²) in [6.07, 6.45) is -9.23. The van der Waals surface area contributed by atoms with Crippen LogP contribution in [0.2, 0.25) is 0 Å². The van der Waals surface area contributed by atoms with E-state index in [-0.39, 0.29) is 0 Å². The predicted octanol–water partition coefficient (Wildman–Crippen LogP) is 0.466. The second kappa shape index (κ2) is 6.67. The molecule has 0 spiro atoms. The molecule has 0 aromatic heterocycles. The molecule has 0 aliphatic rings. The number of alkyl halides is 6. The molecule has 11 heteroatoms. The third-order valence-corrected chi connectivity index (χ3v) is 1.86. The van der Waals surface area contributed by atoms with Crippen molar-refractivity contribution in [3.05, 3.63) is 29.3 Å². The zero-order valence-corrected chi connectivity index (χ0v) is 9.42. The number of halogens is 6. The molecule has 3 nitrogen and oxygen atoms in total. The average molecular weight is 282 g/mol. The number of hydrogen-bond donors (Lipinski definition) is 3. The van der Waals surface area contributed by atoms with Crippen molar-refractivity contribution in [3.63, 3.8) is 0 Å². The molecule has 0 aliphatic heterocycles. The summed E-state index contributed by atoms with van der Waals surface area (Å²) in [4.78, 5) is 0. The first kappa shape index (κ1) is 18.3. The van der Waals surface area contributed by atoms with Gasteiger partial charge in [-0.15, -0.1) is 0 Å². The average Bonchev–Trinajstić information content (AvgIpc) is 2.12. The maximum absolute atomic E-state index is 12.2. The quantitative estimate of drug-likeness (QED) is 0.478. The summed E-state index contributed by atoms with van der Waals surface area (Å²) in [5.74, 6) is 0. The van der Waals surface area contributed by atoms with Crippen LogP contribution in [0.15, 0.2) is 18.2 Å². The fourth-order valence-corrected chi connectivity index (χ4v) is 1.16. The third-order valence-electron chi connectivity index (χ3n) is 1.86. The number of benzene rings is 1. The number of rotatable bonds is 0.